The Hall–Kier alpha value is -0.910. The molecule has 0 spiro atoms. The molecule has 19 heavy (non-hydrogen) atoms. The van der Waals surface area contributed by atoms with Gasteiger partial charge in [0, 0.05) is 50.9 Å². The van der Waals surface area contributed by atoms with Crippen LogP contribution in [0.15, 0.2) is 6.07 Å². The lowest BCUT2D eigenvalue weighted by molar-refractivity contribution is 0.0892. The van der Waals surface area contributed by atoms with Crippen molar-refractivity contribution in [2.24, 2.45) is 7.05 Å². The average Bonchev–Trinajstić information content (AvgIpc) is 2.68. The highest BCUT2D eigenvalue weighted by molar-refractivity contribution is 5.11. The van der Waals surface area contributed by atoms with Crippen molar-refractivity contribution in [2.75, 3.05) is 40.8 Å². The Morgan fingerprint density at radius 2 is 2.11 bits per heavy atom. The Morgan fingerprint density at radius 3 is 2.68 bits per heavy atom. The van der Waals surface area contributed by atoms with Gasteiger partial charge in [-0.25, -0.2) is 0 Å². The molecule has 1 aromatic heterocycles. The number of nitrogens with one attached hydrogen (secondary N) is 1. The number of aryl methyl sites for hydroxylation is 2. The third-order valence-corrected chi connectivity index (χ3v) is 4.26. The first-order valence-corrected chi connectivity index (χ1v) is 7.07. The minimum atomic E-state index is 0.461. The second kappa shape index (κ2) is 6.03. The van der Waals surface area contributed by atoms with E-state index in [9.17, 15) is 0 Å². The fraction of sp³-hybridized carbons (Fsp3) is 0.786. The summed E-state index contributed by atoms with van der Waals surface area (Å²) in [6, 6.07) is 3.21. The lowest BCUT2D eigenvalue weighted by Crippen LogP contribution is -2.58. The zero-order valence-corrected chi connectivity index (χ0v) is 12.8. The molecule has 0 saturated carbocycles. The van der Waals surface area contributed by atoms with Crippen molar-refractivity contribution in [3.05, 3.63) is 17.5 Å². The van der Waals surface area contributed by atoms with Gasteiger partial charge in [-0.15, -0.1) is 0 Å². The first kappa shape index (κ1) is 14.5. The Bertz CT molecular complexity index is 414. The van der Waals surface area contributed by atoms with Gasteiger partial charge >= 0.3 is 0 Å². The minimum absolute atomic E-state index is 0.461. The van der Waals surface area contributed by atoms with Gasteiger partial charge in [0.05, 0.1) is 5.69 Å². The normalized spacial score (nSPS) is 23.7. The summed E-state index contributed by atoms with van der Waals surface area (Å²) in [4.78, 5) is 4.90. The quantitative estimate of drug-likeness (QED) is 0.838. The van der Waals surface area contributed by atoms with Crippen molar-refractivity contribution in [1.82, 2.24) is 24.9 Å². The first-order valence-electron chi connectivity index (χ1n) is 7.07. The van der Waals surface area contributed by atoms with Gasteiger partial charge in [-0.1, -0.05) is 0 Å². The smallest absolute Gasteiger partial charge is 0.0596 e. The van der Waals surface area contributed by atoms with Crippen LogP contribution in [0.3, 0.4) is 0 Å². The summed E-state index contributed by atoms with van der Waals surface area (Å²) in [6.07, 6.45) is 1.02. The molecule has 1 N–H and O–H groups in total. The molecule has 1 aliphatic rings. The average molecular weight is 265 g/mol. The molecular weight excluding hydrogens is 238 g/mol. The number of rotatable bonds is 4. The van der Waals surface area contributed by atoms with Crippen molar-refractivity contribution >= 4 is 0 Å². The van der Waals surface area contributed by atoms with Gasteiger partial charge in [0.2, 0.25) is 0 Å². The fourth-order valence-electron chi connectivity index (χ4n) is 2.99. The first-order chi connectivity index (χ1) is 9.01. The fourth-order valence-corrected chi connectivity index (χ4v) is 2.99. The van der Waals surface area contributed by atoms with Crippen molar-refractivity contribution in [3.8, 4) is 0 Å². The molecule has 1 aliphatic heterocycles. The van der Waals surface area contributed by atoms with E-state index in [1.165, 1.54) is 5.69 Å². The van der Waals surface area contributed by atoms with Crippen LogP contribution < -0.4 is 5.32 Å². The topological polar surface area (TPSA) is 36.3 Å². The summed E-state index contributed by atoms with van der Waals surface area (Å²) in [5.74, 6) is 0. The molecule has 5 heteroatoms. The SMILES string of the molecule is CNC(Cc1cc(C)nn1C)C1CN(C)CCN1C. The molecule has 1 saturated heterocycles. The lowest BCUT2D eigenvalue weighted by Gasteiger charge is -2.41. The van der Waals surface area contributed by atoms with Gasteiger partial charge in [0.15, 0.2) is 0 Å². The zero-order valence-electron chi connectivity index (χ0n) is 12.8. The summed E-state index contributed by atoms with van der Waals surface area (Å²) in [5.41, 5.74) is 2.40. The van der Waals surface area contributed by atoms with Crippen LogP contribution in [-0.2, 0) is 13.5 Å². The molecule has 2 rings (SSSR count). The molecule has 0 bridgehead atoms. The van der Waals surface area contributed by atoms with Gasteiger partial charge in [-0.05, 0) is 34.1 Å². The van der Waals surface area contributed by atoms with E-state index in [4.69, 9.17) is 0 Å². The molecule has 2 heterocycles. The van der Waals surface area contributed by atoms with Crippen LogP contribution in [0.5, 0.6) is 0 Å². The van der Waals surface area contributed by atoms with Crippen molar-refractivity contribution in [2.45, 2.75) is 25.4 Å². The lowest BCUT2D eigenvalue weighted by atomic mass is 9.99. The third kappa shape index (κ3) is 3.35. The highest BCUT2D eigenvalue weighted by atomic mass is 15.3. The van der Waals surface area contributed by atoms with Gasteiger partial charge in [0.25, 0.3) is 0 Å². The van der Waals surface area contributed by atoms with E-state index >= 15 is 0 Å². The standard InChI is InChI=1S/C14H27N5/c1-11-8-12(19(5)16-11)9-13(15-2)14-10-17(3)6-7-18(14)4/h8,13-15H,6-7,9-10H2,1-5H3. The van der Waals surface area contributed by atoms with Crippen molar-refractivity contribution < 1.29 is 0 Å². The van der Waals surface area contributed by atoms with E-state index < -0.39 is 0 Å². The highest BCUT2D eigenvalue weighted by Gasteiger charge is 2.29. The predicted molar refractivity (Wildman–Crippen MR) is 78.4 cm³/mol. The van der Waals surface area contributed by atoms with Crippen LogP contribution in [0.4, 0.5) is 0 Å². The molecular formula is C14H27N5. The Morgan fingerprint density at radius 1 is 1.37 bits per heavy atom. The van der Waals surface area contributed by atoms with Crippen molar-refractivity contribution in [3.63, 3.8) is 0 Å². The largest absolute Gasteiger partial charge is 0.315 e. The van der Waals surface area contributed by atoms with E-state index in [2.05, 4.69) is 54.3 Å². The predicted octanol–water partition coefficient (Wildman–Crippen LogP) is 0.105. The Labute approximate surface area is 116 Å². The maximum absolute atomic E-state index is 4.44. The van der Waals surface area contributed by atoms with E-state index in [0.717, 1.165) is 31.7 Å². The van der Waals surface area contributed by atoms with E-state index in [1.807, 2.05) is 11.7 Å². The molecule has 0 aromatic carbocycles. The van der Waals surface area contributed by atoms with Crippen LogP contribution >= 0.6 is 0 Å². The summed E-state index contributed by atoms with van der Waals surface area (Å²) in [5, 5.41) is 7.94. The van der Waals surface area contributed by atoms with Gasteiger partial charge in [-0.2, -0.15) is 5.10 Å². The van der Waals surface area contributed by atoms with Crippen molar-refractivity contribution in [1.29, 1.82) is 0 Å². The second-order valence-corrected chi connectivity index (χ2v) is 5.81. The number of piperazine rings is 1. The maximum atomic E-state index is 4.44. The van der Waals surface area contributed by atoms with Gasteiger partial charge < -0.3 is 10.2 Å². The van der Waals surface area contributed by atoms with Crippen LogP contribution in [0.25, 0.3) is 0 Å². The molecule has 0 radical (unpaired) electrons. The highest BCUT2D eigenvalue weighted by Crippen LogP contribution is 2.14. The molecule has 108 valence electrons. The minimum Gasteiger partial charge on any atom is -0.315 e. The molecule has 1 aromatic rings. The monoisotopic (exact) mass is 265 g/mol. The van der Waals surface area contributed by atoms with Crippen LogP contribution in [0, 0.1) is 6.92 Å². The molecule has 2 atom stereocenters. The number of likely N-dealkylation sites (N-methyl/N-ethyl adjacent to an activating group) is 3. The molecule has 2 unspecified atom stereocenters. The Kier molecular flexibility index (Phi) is 4.60. The summed E-state index contributed by atoms with van der Waals surface area (Å²) in [7, 11) is 8.54. The summed E-state index contributed by atoms with van der Waals surface area (Å²) in [6.45, 7) is 5.48. The second-order valence-electron chi connectivity index (χ2n) is 5.81. The number of aromatic nitrogens is 2. The number of nitrogens with zero attached hydrogens (tertiary/aromatic N) is 4. The zero-order chi connectivity index (χ0) is 14.0. The van der Waals surface area contributed by atoms with E-state index in [1.54, 1.807) is 0 Å². The van der Waals surface area contributed by atoms with Gasteiger partial charge in [-0.3, -0.25) is 9.58 Å². The number of hydrogen-bond acceptors (Lipinski definition) is 4. The number of hydrogen-bond donors (Lipinski definition) is 1. The third-order valence-electron chi connectivity index (χ3n) is 4.26. The summed E-state index contributed by atoms with van der Waals surface area (Å²) < 4.78 is 2.01. The Balaban J connectivity index is 2.08. The van der Waals surface area contributed by atoms with Crippen LogP contribution in [0.1, 0.15) is 11.4 Å². The molecule has 0 amide bonds. The molecule has 0 aliphatic carbocycles. The van der Waals surface area contributed by atoms with Crippen LogP contribution in [0.2, 0.25) is 0 Å². The molecule has 1 fully saturated rings. The van der Waals surface area contributed by atoms with Gasteiger partial charge in [0.1, 0.15) is 0 Å². The van der Waals surface area contributed by atoms with E-state index in [0.29, 0.717) is 12.1 Å². The van der Waals surface area contributed by atoms with E-state index in [-0.39, 0.29) is 0 Å². The van der Waals surface area contributed by atoms with Crippen LogP contribution in [-0.4, -0.2) is 72.4 Å². The maximum Gasteiger partial charge on any atom is 0.0596 e. The summed E-state index contributed by atoms with van der Waals surface area (Å²) >= 11 is 0. The molecule has 5 nitrogen and oxygen atoms in total.